The molecule has 0 fully saturated rings. The monoisotopic (exact) mass is 287 g/mol. The number of carbonyl (C=O) groups is 1. The number of benzene rings is 1. The molecule has 3 aromatic rings. The minimum Gasteiger partial charge on any atom is -0.493 e. The number of aromatic nitrogens is 5. The molecule has 2 aromatic heterocycles. The molecule has 1 N–H and O–H groups in total. The minimum atomic E-state index is -1.14. The number of aromatic carboxylic acids is 1. The number of ether oxygens (including phenoxy) is 2. The number of rotatable bonds is 4. The summed E-state index contributed by atoms with van der Waals surface area (Å²) in [5.41, 5.74) is 0.332. The molecule has 0 aliphatic carbocycles. The third-order valence-electron chi connectivity index (χ3n) is 2.71. The number of carboxylic acid groups (broad SMARTS) is 1. The highest BCUT2D eigenvalue weighted by Crippen LogP contribution is 2.34. The smallest absolute Gasteiger partial charge is 0.339 e. The van der Waals surface area contributed by atoms with Crippen LogP contribution in [0.2, 0.25) is 0 Å². The number of hydrogen-bond acceptors (Lipinski definition) is 7. The van der Waals surface area contributed by atoms with Gasteiger partial charge in [0.05, 0.1) is 19.5 Å². The topological polar surface area (TPSA) is 112 Å². The predicted octanol–water partition coefficient (Wildman–Crippen LogP) is 1.02. The Morgan fingerprint density at radius 3 is 2.95 bits per heavy atom. The van der Waals surface area contributed by atoms with Gasteiger partial charge in [-0.05, 0) is 22.6 Å². The predicted molar refractivity (Wildman–Crippen MR) is 68.6 cm³/mol. The molecule has 9 nitrogen and oxygen atoms in total. The molecular formula is C12H9N5O4. The van der Waals surface area contributed by atoms with Crippen LogP contribution in [0.3, 0.4) is 0 Å². The molecule has 0 unspecified atom stereocenters. The zero-order valence-corrected chi connectivity index (χ0v) is 10.8. The van der Waals surface area contributed by atoms with Crippen molar-refractivity contribution in [3.63, 3.8) is 0 Å². The molecule has 3 rings (SSSR count). The van der Waals surface area contributed by atoms with Crippen LogP contribution in [0.4, 0.5) is 0 Å². The lowest BCUT2D eigenvalue weighted by Crippen LogP contribution is -2.04. The highest BCUT2D eigenvalue weighted by Gasteiger charge is 2.18. The first-order valence-electron chi connectivity index (χ1n) is 5.81. The van der Waals surface area contributed by atoms with Gasteiger partial charge < -0.3 is 14.6 Å². The summed E-state index contributed by atoms with van der Waals surface area (Å²) in [5, 5.41) is 20.2. The number of methoxy groups -OCH3 is 1. The molecule has 0 aliphatic rings. The maximum atomic E-state index is 11.3. The molecule has 0 amide bonds. The number of para-hydroxylation sites is 1. The van der Waals surface area contributed by atoms with E-state index in [9.17, 15) is 9.90 Å². The van der Waals surface area contributed by atoms with E-state index in [0.29, 0.717) is 5.65 Å². The number of hydrogen-bond donors (Lipinski definition) is 1. The van der Waals surface area contributed by atoms with Crippen molar-refractivity contribution in [2.75, 3.05) is 7.11 Å². The van der Waals surface area contributed by atoms with Gasteiger partial charge in [-0.15, -0.1) is 5.10 Å². The number of carboxylic acids is 1. The zero-order valence-electron chi connectivity index (χ0n) is 10.8. The van der Waals surface area contributed by atoms with Crippen LogP contribution < -0.4 is 9.47 Å². The minimum absolute atomic E-state index is 0.0422. The second-order valence-corrected chi connectivity index (χ2v) is 3.94. The molecule has 106 valence electrons. The Morgan fingerprint density at radius 2 is 2.19 bits per heavy atom. The Morgan fingerprint density at radius 1 is 1.33 bits per heavy atom. The molecule has 0 saturated carbocycles. The summed E-state index contributed by atoms with van der Waals surface area (Å²) in [6, 6.07) is 4.56. The van der Waals surface area contributed by atoms with Gasteiger partial charge in [0.25, 0.3) is 0 Å². The van der Waals surface area contributed by atoms with Crippen molar-refractivity contribution in [2.45, 2.75) is 0 Å². The molecule has 0 aliphatic heterocycles. The van der Waals surface area contributed by atoms with E-state index in [1.165, 1.54) is 30.1 Å². The van der Waals surface area contributed by atoms with Gasteiger partial charge in [-0.2, -0.15) is 4.52 Å². The molecular weight excluding hydrogens is 278 g/mol. The Hall–Kier alpha value is -3.23. The Labute approximate surface area is 117 Å². The number of nitrogens with zero attached hydrogens (tertiary/aromatic N) is 5. The average Bonchev–Trinajstić information content (AvgIpc) is 2.96. The van der Waals surface area contributed by atoms with Crippen molar-refractivity contribution >= 4 is 11.6 Å². The van der Waals surface area contributed by atoms with Gasteiger partial charge in [-0.1, -0.05) is 6.07 Å². The first-order valence-corrected chi connectivity index (χ1v) is 5.81. The summed E-state index contributed by atoms with van der Waals surface area (Å²) >= 11 is 0. The quantitative estimate of drug-likeness (QED) is 0.756. The van der Waals surface area contributed by atoms with Crippen LogP contribution >= 0.6 is 0 Å². The van der Waals surface area contributed by atoms with Gasteiger partial charge in [-0.3, -0.25) is 4.98 Å². The van der Waals surface area contributed by atoms with Gasteiger partial charge in [0.1, 0.15) is 5.56 Å². The molecule has 0 saturated heterocycles. The molecule has 21 heavy (non-hydrogen) atoms. The van der Waals surface area contributed by atoms with E-state index >= 15 is 0 Å². The lowest BCUT2D eigenvalue weighted by atomic mass is 10.2. The van der Waals surface area contributed by atoms with Crippen molar-refractivity contribution in [1.82, 2.24) is 25.0 Å². The van der Waals surface area contributed by atoms with Crippen LogP contribution in [-0.4, -0.2) is 43.2 Å². The summed E-state index contributed by atoms with van der Waals surface area (Å²) in [6.07, 6.45) is 2.83. The van der Waals surface area contributed by atoms with Crippen molar-refractivity contribution in [3.8, 4) is 17.4 Å². The molecule has 9 heteroatoms. The highest BCUT2D eigenvalue weighted by molar-refractivity contribution is 5.92. The van der Waals surface area contributed by atoms with Crippen LogP contribution in [0.5, 0.6) is 17.4 Å². The molecule has 0 spiro atoms. The van der Waals surface area contributed by atoms with Crippen molar-refractivity contribution in [2.24, 2.45) is 0 Å². The number of fused-ring (bicyclic) bond motifs is 1. The Bertz CT molecular complexity index is 816. The third-order valence-corrected chi connectivity index (χ3v) is 2.71. The standard InChI is InChI=1S/C12H9N5O4/c1-20-8-4-2-3-7(12(18)19)11(8)21-10-6-13-5-9-14-15-16-17(9)10/h2-6H,1H3,(H,18,19). The number of tetrazole rings is 1. The molecule has 0 radical (unpaired) electrons. The zero-order chi connectivity index (χ0) is 14.8. The van der Waals surface area contributed by atoms with Crippen LogP contribution in [-0.2, 0) is 0 Å². The van der Waals surface area contributed by atoms with Gasteiger partial charge >= 0.3 is 5.97 Å². The highest BCUT2D eigenvalue weighted by atomic mass is 16.5. The summed E-state index contributed by atoms with van der Waals surface area (Å²) < 4.78 is 12.0. The molecule has 0 atom stereocenters. The maximum Gasteiger partial charge on any atom is 0.339 e. The van der Waals surface area contributed by atoms with Crippen LogP contribution in [0, 0.1) is 0 Å². The van der Waals surface area contributed by atoms with E-state index in [2.05, 4.69) is 20.5 Å². The second kappa shape index (κ2) is 5.04. The van der Waals surface area contributed by atoms with Crippen molar-refractivity contribution < 1.29 is 19.4 Å². The largest absolute Gasteiger partial charge is 0.493 e. The van der Waals surface area contributed by atoms with Gasteiger partial charge in [0, 0.05) is 0 Å². The fraction of sp³-hybridized carbons (Fsp3) is 0.0833. The van der Waals surface area contributed by atoms with Gasteiger partial charge in [0.15, 0.2) is 11.5 Å². The normalized spacial score (nSPS) is 10.5. The summed E-state index contributed by atoms with van der Waals surface area (Å²) in [7, 11) is 1.42. The first kappa shape index (κ1) is 12.8. The summed E-state index contributed by atoms with van der Waals surface area (Å²) in [5.74, 6) is -0.637. The van der Waals surface area contributed by atoms with Crippen LogP contribution in [0.15, 0.2) is 30.6 Å². The van der Waals surface area contributed by atoms with Crippen molar-refractivity contribution in [1.29, 1.82) is 0 Å². The summed E-state index contributed by atoms with van der Waals surface area (Å²) in [4.78, 5) is 15.2. The second-order valence-electron chi connectivity index (χ2n) is 3.94. The lowest BCUT2D eigenvalue weighted by Gasteiger charge is -2.12. The van der Waals surface area contributed by atoms with Gasteiger partial charge in [-0.25, -0.2) is 4.79 Å². The van der Waals surface area contributed by atoms with Gasteiger partial charge in [0.2, 0.25) is 11.5 Å². The average molecular weight is 287 g/mol. The van der Waals surface area contributed by atoms with Crippen LogP contribution in [0.1, 0.15) is 10.4 Å². The lowest BCUT2D eigenvalue weighted by molar-refractivity contribution is 0.0693. The van der Waals surface area contributed by atoms with E-state index in [1.807, 2.05) is 0 Å². The molecule has 2 heterocycles. The van der Waals surface area contributed by atoms with Crippen molar-refractivity contribution in [3.05, 3.63) is 36.2 Å². The first-order chi connectivity index (χ1) is 10.2. The fourth-order valence-corrected chi connectivity index (χ4v) is 1.78. The molecule has 1 aromatic carbocycles. The Kier molecular flexibility index (Phi) is 3.07. The summed E-state index contributed by atoms with van der Waals surface area (Å²) in [6.45, 7) is 0. The third kappa shape index (κ3) is 2.20. The maximum absolute atomic E-state index is 11.3. The SMILES string of the molecule is COc1cccc(C(=O)O)c1Oc1cncc2nnnn12. The fourth-order valence-electron chi connectivity index (χ4n) is 1.78. The van der Waals surface area contributed by atoms with E-state index in [1.54, 1.807) is 12.1 Å². The van der Waals surface area contributed by atoms with Crippen LogP contribution in [0.25, 0.3) is 5.65 Å². The molecule has 0 bridgehead atoms. The van der Waals surface area contributed by atoms with E-state index in [-0.39, 0.29) is 22.9 Å². The van der Waals surface area contributed by atoms with E-state index in [4.69, 9.17) is 9.47 Å². The Balaban J connectivity index is 2.13. The van der Waals surface area contributed by atoms with E-state index < -0.39 is 5.97 Å². The van der Waals surface area contributed by atoms with E-state index in [0.717, 1.165) is 0 Å².